The Kier molecular flexibility index (Phi) is 7.73. The largest absolute Gasteiger partial charge is 0.387 e. The van der Waals surface area contributed by atoms with Crippen LogP contribution in [-0.4, -0.2) is 64.1 Å². The maximum Gasteiger partial charge on any atom is 0.255 e. The van der Waals surface area contributed by atoms with Crippen molar-refractivity contribution >= 4 is 11.8 Å². The van der Waals surface area contributed by atoms with Gasteiger partial charge >= 0.3 is 0 Å². The summed E-state index contributed by atoms with van der Waals surface area (Å²) in [6, 6.07) is 11.0. The fourth-order valence-electron chi connectivity index (χ4n) is 7.17. The van der Waals surface area contributed by atoms with Gasteiger partial charge in [-0.2, -0.15) is 0 Å². The Morgan fingerprint density at radius 3 is 2.38 bits per heavy atom. The van der Waals surface area contributed by atoms with Crippen LogP contribution < -0.4 is 5.56 Å². The number of carbonyl (C=O) groups is 2. The molecule has 2 aliphatic carbocycles. The zero-order valence-electron chi connectivity index (χ0n) is 23.7. The highest BCUT2D eigenvalue weighted by Gasteiger charge is 2.55. The highest BCUT2D eigenvalue weighted by atomic mass is 16.3. The fourth-order valence-corrected chi connectivity index (χ4v) is 7.17. The number of carbonyl (C=O) groups excluding carboxylic acids is 2. The second-order valence-electron chi connectivity index (χ2n) is 12.6. The molecule has 3 fully saturated rings. The van der Waals surface area contributed by atoms with Crippen molar-refractivity contribution in [2.75, 3.05) is 27.2 Å². The van der Waals surface area contributed by atoms with E-state index in [1.165, 1.54) is 34.8 Å². The SMILES string of the molecule is CC(CC1CCC1)C(=O)N1CCC(O)(Cn2cc(C(=O)N(C)C)c(-c3ccccc3)cc2=O)C2(CCCC2)C1. The molecule has 1 N–H and O–H groups in total. The van der Waals surface area contributed by atoms with Crippen LogP contribution in [0.15, 0.2) is 47.4 Å². The minimum atomic E-state index is -1.13. The zero-order valence-corrected chi connectivity index (χ0v) is 23.7. The van der Waals surface area contributed by atoms with Crippen molar-refractivity contribution in [1.82, 2.24) is 14.4 Å². The molecule has 0 radical (unpaired) electrons. The summed E-state index contributed by atoms with van der Waals surface area (Å²) in [6.45, 7) is 3.21. The van der Waals surface area contributed by atoms with Gasteiger partial charge in [0, 0.05) is 56.3 Å². The molecule has 210 valence electrons. The molecule has 1 spiro atoms. The van der Waals surface area contributed by atoms with Crippen LogP contribution in [-0.2, 0) is 11.3 Å². The van der Waals surface area contributed by atoms with Crippen molar-refractivity contribution in [2.24, 2.45) is 17.3 Å². The van der Waals surface area contributed by atoms with E-state index < -0.39 is 11.0 Å². The van der Waals surface area contributed by atoms with Crippen LogP contribution in [0.5, 0.6) is 0 Å². The Labute approximate surface area is 231 Å². The third-order valence-electron chi connectivity index (χ3n) is 9.76. The Bertz CT molecular complexity index is 1260. The molecule has 1 saturated heterocycles. The van der Waals surface area contributed by atoms with E-state index in [9.17, 15) is 19.5 Å². The van der Waals surface area contributed by atoms with E-state index in [0.29, 0.717) is 36.6 Å². The molecule has 5 rings (SSSR count). The van der Waals surface area contributed by atoms with Gasteiger partial charge in [-0.3, -0.25) is 14.4 Å². The Morgan fingerprint density at radius 2 is 1.77 bits per heavy atom. The Hall–Kier alpha value is -2.93. The summed E-state index contributed by atoms with van der Waals surface area (Å²) in [6.07, 6.45) is 10.5. The molecule has 0 bridgehead atoms. The minimum absolute atomic E-state index is 0.00713. The molecule has 2 saturated carbocycles. The van der Waals surface area contributed by atoms with Gasteiger partial charge in [-0.05, 0) is 37.2 Å². The zero-order chi connectivity index (χ0) is 27.8. The van der Waals surface area contributed by atoms with E-state index in [1.54, 1.807) is 20.3 Å². The molecule has 1 aromatic carbocycles. The van der Waals surface area contributed by atoms with E-state index in [0.717, 1.165) is 37.7 Å². The lowest BCUT2D eigenvalue weighted by atomic mass is 9.65. The molecule has 3 aliphatic rings. The van der Waals surface area contributed by atoms with Crippen molar-refractivity contribution in [1.29, 1.82) is 0 Å². The highest BCUT2D eigenvalue weighted by molar-refractivity contribution is 6.00. The van der Waals surface area contributed by atoms with E-state index in [2.05, 4.69) is 6.92 Å². The lowest BCUT2D eigenvalue weighted by Crippen LogP contribution is -2.62. The van der Waals surface area contributed by atoms with Crippen LogP contribution in [0.2, 0.25) is 0 Å². The van der Waals surface area contributed by atoms with Gasteiger partial charge < -0.3 is 19.5 Å². The number of amides is 2. The van der Waals surface area contributed by atoms with Crippen LogP contribution in [0.1, 0.15) is 75.1 Å². The third-order valence-corrected chi connectivity index (χ3v) is 9.76. The maximum atomic E-state index is 13.4. The number of likely N-dealkylation sites (tertiary alicyclic amines) is 1. The minimum Gasteiger partial charge on any atom is -0.387 e. The lowest BCUT2D eigenvalue weighted by Gasteiger charge is -2.53. The van der Waals surface area contributed by atoms with Crippen molar-refractivity contribution in [3.8, 4) is 11.1 Å². The van der Waals surface area contributed by atoms with Gasteiger partial charge in [-0.15, -0.1) is 0 Å². The summed E-state index contributed by atoms with van der Waals surface area (Å²) in [7, 11) is 3.40. The summed E-state index contributed by atoms with van der Waals surface area (Å²) >= 11 is 0. The topological polar surface area (TPSA) is 82.8 Å². The number of aromatic nitrogens is 1. The van der Waals surface area contributed by atoms with Gasteiger partial charge in [-0.25, -0.2) is 0 Å². The number of rotatable bonds is 7. The molecule has 2 amide bonds. The van der Waals surface area contributed by atoms with Crippen molar-refractivity contribution in [2.45, 2.75) is 76.9 Å². The number of aliphatic hydroxyl groups is 1. The van der Waals surface area contributed by atoms with Gasteiger partial charge in [0.15, 0.2) is 0 Å². The third kappa shape index (κ3) is 5.30. The van der Waals surface area contributed by atoms with E-state index in [1.807, 2.05) is 35.2 Å². The first-order chi connectivity index (χ1) is 18.6. The van der Waals surface area contributed by atoms with E-state index >= 15 is 0 Å². The van der Waals surface area contributed by atoms with Gasteiger partial charge in [-0.1, -0.05) is 69.4 Å². The maximum absolute atomic E-state index is 13.4. The molecule has 2 aromatic rings. The Morgan fingerprint density at radius 1 is 1.08 bits per heavy atom. The first-order valence-corrected chi connectivity index (χ1v) is 14.7. The highest BCUT2D eigenvalue weighted by Crippen LogP contribution is 2.52. The smallest absolute Gasteiger partial charge is 0.255 e. The van der Waals surface area contributed by atoms with Gasteiger partial charge in [0.1, 0.15) is 0 Å². The molecule has 2 heterocycles. The van der Waals surface area contributed by atoms with Crippen LogP contribution >= 0.6 is 0 Å². The molecule has 2 atom stereocenters. The molecular formula is C32H43N3O4. The van der Waals surface area contributed by atoms with Crippen LogP contribution in [0, 0.1) is 17.3 Å². The van der Waals surface area contributed by atoms with Gasteiger partial charge in [0.05, 0.1) is 17.7 Å². The average molecular weight is 534 g/mol. The summed E-state index contributed by atoms with van der Waals surface area (Å²) in [5.41, 5.74) is 0.0272. The predicted molar refractivity (Wildman–Crippen MR) is 152 cm³/mol. The quantitative estimate of drug-likeness (QED) is 0.565. The predicted octanol–water partition coefficient (Wildman–Crippen LogP) is 4.57. The number of hydrogen-bond donors (Lipinski definition) is 1. The second kappa shape index (κ2) is 10.9. The molecule has 1 aromatic heterocycles. The van der Waals surface area contributed by atoms with Crippen molar-refractivity contribution in [3.63, 3.8) is 0 Å². The van der Waals surface area contributed by atoms with Gasteiger partial charge in [0.2, 0.25) is 5.91 Å². The summed E-state index contributed by atoms with van der Waals surface area (Å²) in [4.78, 5) is 43.6. The lowest BCUT2D eigenvalue weighted by molar-refractivity contribution is -0.163. The normalized spacial score (nSPS) is 23.4. The molecular weight excluding hydrogens is 490 g/mol. The summed E-state index contributed by atoms with van der Waals surface area (Å²) in [5, 5.41) is 12.3. The van der Waals surface area contributed by atoms with E-state index in [4.69, 9.17) is 0 Å². The number of pyridine rings is 1. The average Bonchev–Trinajstić information content (AvgIpc) is 3.38. The number of hydrogen-bond acceptors (Lipinski definition) is 4. The van der Waals surface area contributed by atoms with Crippen LogP contribution in [0.25, 0.3) is 11.1 Å². The van der Waals surface area contributed by atoms with Crippen molar-refractivity contribution in [3.05, 3.63) is 58.5 Å². The van der Waals surface area contributed by atoms with E-state index in [-0.39, 0.29) is 29.8 Å². The molecule has 7 heteroatoms. The molecule has 39 heavy (non-hydrogen) atoms. The van der Waals surface area contributed by atoms with Crippen molar-refractivity contribution < 1.29 is 14.7 Å². The first-order valence-electron chi connectivity index (χ1n) is 14.7. The van der Waals surface area contributed by atoms with Crippen LogP contribution in [0.4, 0.5) is 0 Å². The number of nitrogens with zero attached hydrogens (tertiary/aromatic N) is 3. The van der Waals surface area contributed by atoms with Crippen LogP contribution in [0.3, 0.4) is 0 Å². The first kappa shape index (κ1) is 27.6. The molecule has 2 unspecified atom stereocenters. The number of piperidine rings is 1. The van der Waals surface area contributed by atoms with Gasteiger partial charge in [0.25, 0.3) is 11.5 Å². The fraction of sp³-hybridized carbons (Fsp3) is 0.594. The monoisotopic (exact) mass is 533 g/mol. The summed E-state index contributed by atoms with van der Waals surface area (Å²) < 4.78 is 1.53. The molecule has 7 nitrogen and oxygen atoms in total. The summed E-state index contributed by atoms with van der Waals surface area (Å²) in [5.74, 6) is 0.702. The molecule has 1 aliphatic heterocycles. The number of benzene rings is 1. The Balaban J connectivity index is 1.43. The standard InChI is InChI=1S/C32H43N3O4/c1-23(18-24-10-9-11-24)29(37)34-17-16-32(39,31(21-34)14-7-8-15-31)22-35-20-27(30(38)33(2)3)26(19-28(35)36)25-12-5-4-6-13-25/h4-6,12-13,19-20,23-24,39H,7-11,14-18,21-22H2,1-3H3. The second-order valence-corrected chi connectivity index (χ2v) is 12.6.